The van der Waals surface area contributed by atoms with Crippen LogP contribution in [-0.2, 0) is 6.54 Å². The molecule has 1 aromatic heterocycles. The first kappa shape index (κ1) is 10.4. The van der Waals surface area contributed by atoms with Crippen molar-refractivity contribution in [3.8, 4) is 0 Å². The molecule has 0 fully saturated rings. The number of rotatable bonds is 4. The number of aromatic nitrogens is 2. The fourth-order valence-corrected chi connectivity index (χ4v) is 1.56. The maximum atomic E-state index is 11.0. The molecule has 0 aliphatic heterocycles. The van der Waals surface area contributed by atoms with Crippen LogP contribution in [0, 0.1) is 10.1 Å². The van der Waals surface area contributed by atoms with Gasteiger partial charge in [-0.1, -0.05) is 30.3 Å². The number of imidazole rings is 1. The van der Waals surface area contributed by atoms with Crippen molar-refractivity contribution in [3.05, 3.63) is 64.7 Å². The maximum Gasteiger partial charge on any atom is 0.255 e. The Bertz CT molecular complexity index is 453. The minimum absolute atomic E-state index is 0.269. The second kappa shape index (κ2) is 4.57. The highest BCUT2D eigenvalue weighted by atomic mass is 16.6. The lowest BCUT2D eigenvalue weighted by molar-refractivity contribution is -0.531. The second-order valence-corrected chi connectivity index (χ2v) is 3.47. The molecule has 0 bridgehead atoms. The van der Waals surface area contributed by atoms with E-state index in [4.69, 9.17) is 0 Å². The molecule has 2 rings (SSSR count). The summed E-state index contributed by atoms with van der Waals surface area (Å²) in [6.45, 7) is 0.303. The van der Waals surface area contributed by atoms with E-state index in [1.165, 1.54) is 0 Å². The van der Waals surface area contributed by atoms with Crippen molar-refractivity contribution in [2.75, 3.05) is 0 Å². The van der Waals surface area contributed by atoms with Crippen LogP contribution in [0.5, 0.6) is 0 Å². The van der Waals surface area contributed by atoms with E-state index in [-0.39, 0.29) is 4.92 Å². The van der Waals surface area contributed by atoms with E-state index in [1.807, 2.05) is 6.07 Å². The van der Waals surface area contributed by atoms with Gasteiger partial charge in [-0.15, -0.1) is 0 Å². The molecule has 16 heavy (non-hydrogen) atoms. The average molecular weight is 217 g/mol. The molecular weight excluding hydrogens is 206 g/mol. The van der Waals surface area contributed by atoms with Crippen LogP contribution in [0.4, 0.5) is 0 Å². The molecule has 0 N–H and O–H groups in total. The van der Waals surface area contributed by atoms with Crippen molar-refractivity contribution >= 4 is 0 Å². The highest BCUT2D eigenvalue weighted by Gasteiger charge is 2.22. The smallest absolute Gasteiger partial charge is 0.255 e. The predicted octanol–water partition coefficient (Wildman–Crippen LogP) is 1.90. The van der Waals surface area contributed by atoms with Crippen LogP contribution >= 0.6 is 0 Å². The van der Waals surface area contributed by atoms with Gasteiger partial charge in [0.15, 0.2) is 0 Å². The third kappa shape index (κ3) is 2.25. The van der Waals surface area contributed by atoms with Crippen molar-refractivity contribution < 1.29 is 4.92 Å². The average Bonchev–Trinajstić information content (AvgIpc) is 2.79. The molecule has 0 spiro atoms. The molecule has 0 aliphatic carbocycles. The third-order valence-corrected chi connectivity index (χ3v) is 2.38. The van der Waals surface area contributed by atoms with E-state index < -0.39 is 6.04 Å². The Morgan fingerprint density at radius 1 is 1.38 bits per heavy atom. The first-order chi connectivity index (χ1) is 7.77. The Labute approximate surface area is 92.5 Å². The molecule has 1 unspecified atom stereocenters. The van der Waals surface area contributed by atoms with Gasteiger partial charge in [0.2, 0.25) is 0 Å². The van der Waals surface area contributed by atoms with Gasteiger partial charge in [-0.25, -0.2) is 4.98 Å². The molecule has 82 valence electrons. The first-order valence-electron chi connectivity index (χ1n) is 4.91. The zero-order valence-electron chi connectivity index (χ0n) is 8.56. The van der Waals surface area contributed by atoms with Gasteiger partial charge in [-0.2, -0.15) is 0 Å². The lowest BCUT2D eigenvalue weighted by atomic mass is 10.1. The summed E-state index contributed by atoms with van der Waals surface area (Å²) in [6, 6.07) is 8.27. The van der Waals surface area contributed by atoms with Gasteiger partial charge in [0.05, 0.1) is 12.9 Å². The van der Waals surface area contributed by atoms with Gasteiger partial charge in [0.25, 0.3) is 6.04 Å². The minimum atomic E-state index is -0.726. The topological polar surface area (TPSA) is 61.0 Å². The minimum Gasteiger partial charge on any atom is -0.330 e. The van der Waals surface area contributed by atoms with Crippen LogP contribution < -0.4 is 0 Å². The summed E-state index contributed by atoms with van der Waals surface area (Å²) < 4.78 is 1.71. The number of nitrogens with zero attached hydrogens (tertiary/aromatic N) is 3. The van der Waals surface area contributed by atoms with Crippen LogP contribution in [-0.4, -0.2) is 14.5 Å². The maximum absolute atomic E-state index is 11.0. The molecule has 0 amide bonds. The van der Waals surface area contributed by atoms with Crippen molar-refractivity contribution in [1.82, 2.24) is 9.55 Å². The molecular formula is C11H11N3O2. The molecule has 0 aliphatic rings. The number of hydrogen-bond donors (Lipinski definition) is 0. The Morgan fingerprint density at radius 2 is 2.12 bits per heavy atom. The monoisotopic (exact) mass is 217 g/mol. The van der Waals surface area contributed by atoms with Gasteiger partial charge in [0.1, 0.15) is 0 Å². The van der Waals surface area contributed by atoms with Crippen molar-refractivity contribution in [2.24, 2.45) is 0 Å². The Morgan fingerprint density at radius 3 is 2.69 bits per heavy atom. The van der Waals surface area contributed by atoms with Gasteiger partial charge in [0, 0.05) is 22.9 Å². The first-order valence-corrected chi connectivity index (χ1v) is 4.91. The van der Waals surface area contributed by atoms with Gasteiger partial charge >= 0.3 is 0 Å². The van der Waals surface area contributed by atoms with E-state index in [9.17, 15) is 10.1 Å². The van der Waals surface area contributed by atoms with Crippen LogP contribution in [0.25, 0.3) is 0 Å². The zero-order chi connectivity index (χ0) is 11.4. The Hall–Kier alpha value is -2.17. The van der Waals surface area contributed by atoms with Crippen molar-refractivity contribution in [1.29, 1.82) is 0 Å². The third-order valence-electron chi connectivity index (χ3n) is 2.38. The van der Waals surface area contributed by atoms with Gasteiger partial charge < -0.3 is 4.57 Å². The molecule has 0 saturated heterocycles. The SMILES string of the molecule is O=[N+]([O-])C(Cn1ccnc1)c1ccccc1. The van der Waals surface area contributed by atoms with E-state index in [0.29, 0.717) is 12.1 Å². The van der Waals surface area contributed by atoms with E-state index in [1.54, 1.807) is 47.6 Å². The lowest BCUT2D eigenvalue weighted by Crippen LogP contribution is -2.16. The quantitative estimate of drug-likeness (QED) is 0.580. The summed E-state index contributed by atoms with van der Waals surface area (Å²) in [4.78, 5) is 14.6. The highest BCUT2D eigenvalue weighted by Crippen LogP contribution is 2.18. The molecule has 0 saturated carbocycles. The highest BCUT2D eigenvalue weighted by molar-refractivity contribution is 5.17. The number of hydrogen-bond acceptors (Lipinski definition) is 3. The predicted molar refractivity (Wildman–Crippen MR) is 58.4 cm³/mol. The zero-order valence-corrected chi connectivity index (χ0v) is 8.56. The Balaban J connectivity index is 2.22. The molecule has 1 atom stereocenters. The van der Waals surface area contributed by atoms with E-state index in [2.05, 4.69) is 4.98 Å². The summed E-state index contributed by atoms with van der Waals surface area (Å²) >= 11 is 0. The van der Waals surface area contributed by atoms with Gasteiger partial charge in [-0.3, -0.25) is 10.1 Å². The number of benzene rings is 1. The molecule has 0 radical (unpaired) electrons. The van der Waals surface area contributed by atoms with Crippen LogP contribution in [0.2, 0.25) is 0 Å². The van der Waals surface area contributed by atoms with Crippen LogP contribution in [0.15, 0.2) is 49.1 Å². The van der Waals surface area contributed by atoms with Crippen LogP contribution in [0.1, 0.15) is 11.6 Å². The summed E-state index contributed by atoms with van der Waals surface area (Å²) in [7, 11) is 0. The van der Waals surface area contributed by atoms with Crippen molar-refractivity contribution in [2.45, 2.75) is 12.6 Å². The van der Waals surface area contributed by atoms with E-state index >= 15 is 0 Å². The summed E-state index contributed by atoms with van der Waals surface area (Å²) in [5.41, 5.74) is 0.709. The second-order valence-electron chi connectivity index (χ2n) is 3.47. The summed E-state index contributed by atoms with van der Waals surface area (Å²) in [5.74, 6) is 0. The fourth-order valence-electron chi connectivity index (χ4n) is 1.56. The standard InChI is InChI=1S/C11H11N3O2/c15-14(16)11(8-13-7-6-12-9-13)10-4-2-1-3-5-10/h1-7,9,11H,8H2. The number of nitro groups is 1. The molecule has 1 aromatic carbocycles. The molecule has 1 heterocycles. The fraction of sp³-hybridized carbons (Fsp3) is 0.182. The Kier molecular flexibility index (Phi) is 2.95. The van der Waals surface area contributed by atoms with Crippen LogP contribution in [0.3, 0.4) is 0 Å². The molecule has 2 aromatic rings. The van der Waals surface area contributed by atoms with E-state index in [0.717, 1.165) is 0 Å². The molecule has 5 heteroatoms. The largest absolute Gasteiger partial charge is 0.330 e. The van der Waals surface area contributed by atoms with Gasteiger partial charge in [-0.05, 0) is 0 Å². The normalized spacial score (nSPS) is 12.2. The lowest BCUT2D eigenvalue weighted by Gasteiger charge is -2.09. The molecule has 5 nitrogen and oxygen atoms in total. The van der Waals surface area contributed by atoms with Crippen molar-refractivity contribution in [3.63, 3.8) is 0 Å². The summed E-state index contributed by atoms with van der Waals surface area (Å²) in [6.07, 6.45) is 4.92. The summed E-state index contributed by atoms with van der Waals surface area (Å²) in [5, 5.41) is 11.0.